The van der Waals surface area contributed by atoms with E-state index in [1.54, 1.807) is 26.2 Å². The van der Waals surface area contributed by atoms with E-state index in [0.29, 0.717) is 28.8 Å². The third kappa shape index (κ3) is 3.45. The average Bonchev–Trinajstić information content (AvgIpc) is 3.49. The molecule has 0 aliphatic carbocycles. The van der Waals surface area contributed by atoms with E-state index >= 15 is 0 Å². The lowest BCUT2D eigenvalue weighted by molar-refractivity contribution is -0.123. The number of imide groups is 1. The highest BCUT2D eigenvalue weighted by atomic mass is 16.5. The van der Waals surface area contributed by atoms with Crippen LogP contribution in [-0.4, -0.2) is 41.0 Å². The SMILES string of the molecule is CCc1ccc(N2C(=O)[C@@H]3[C@@H](N=NN3Cc3nc(-c4ccccc4OC)oc3C)C2=O)cc1. The zero-order chi connectivity index (χ0) is 23.1. The molecule has 0 radical (unpaired) electrons. The molecule has 0 unspecified atom stereocenters. The van der Waals surface area contributed by atoms with Crippen LogP contribution in [0.5, 0.6) is 5.75 Å². The highest BCUT2D eigenvalue weighted by Crippen LogP contribution is 2.35. The van der Waals surface area contributed by atoms with Crippen molar-refractivity contribution in [2.24, 2.45) is 10.3 Å². The number of para-hydroxylation sites is 1. The Balaban J connectivity index is 1.39. The summed E-state index contributed by atoms with van der Waals surface area (Å²) in [5.41, 5.74) is 3.01. The smallest absolute Gasteiger partial charge is 0.263 e. The maximum atomic E-state index is 13.2. The number of oxazole rings is 1. The second kappa shape index (κ2) is 8.16. The molecule has 1 fully saturated rings. The maximum absolute atomic E-state index is 13.2. The van der Waals surface area contributed by atoms with Crippen LogP contribution in [0.3, 0.4) is 0 Å². The van der Waals surface area contributed by atoms with E-state index in [2.05, 4.69) is 22.2 Å². The van der Waals surface area contributed by atoms with E-state index in [-0.39, 0.29) is 18.4 Å². The van der Waals surface area contributed by atoms with Gasteiger partial charge in [-0.15, -0.1) is 0 Å². The number of hydrogen-bond donors (Lipinski definition) is 0. The molecule has 5 rings (SSSR count). The van der Waals surface area contributed by atoms with Gasteiger partial charge in [0.15, 0.2) is 12.1 Å². The third-order valence-electron chi connectivity index (χ3n) is 6.00. The van der Waals surface area contributed by atoms with Gasteiger partial charge in [-0.05, 0) is 43.2 Å². The number of benzene rings is 2. The van der Waals surface area contributed by atoms with Crippen LogP contribution in [0.4, 0.5) is 5.69 Å². The summed E-state index contributed by atoms with van der Waals surface area (Å²) in [4.78, 5) is 32.0. The maximum Gasteiger partial charge on any atom is 0.263 e. The van der Waals surface area contributed by atoms with Crippen molar-refractivity contribution in [3.8, 4) is 17.2 Å². The van der Waals surface area contributed by atoms with Gasteiger partial charge in [-0.25, -0.2) is 9.88 Å². The van der Waals surface area contributed by atoms with Gasteiger partial charge in [0.1, 0.15) is 17.2 Å². The Labute approximate surface area is 190 Å². The minimum absolute atomic E-state index is 0.191. The van der Waals surface area contributed by atoms with Crippen LogP contribution in [0.1, 0.15) is 23.9 Å². The molecule has 0 bridgehead atoms. The Morgan fingerprint density at radius 2 is 1.82 bits per heavy atom. The van der Waals surface area contributed by atoms with Crippen LogP contribution in [0.15, 0.2) is 63.3 Å². The number of anilines is 1. The standard InChI is InChI=1S/C24H23N5O4/c1-4-15-9-11-16(12-10-15)29-23(30)20-21(24(29)31)28(27-26-20)13-18-14(2)33-22(25-18)17-7-5-6-8-19(17)32-3/h5-12,20-21H,4,13H2,1-3H3/t20-,21+/m1/s1. The minimum atomic E-state index is -0.857. The predicted octanol–water partition coefficient (Wildman–Crippen LogP) is 3.71. The lowest BCUT2D eigenvalue weighted by Gasteiger charge is -2.20. The Morgan fingerprint density at radius 1 is 1.06 bits per heavy atom. The topological polar surface area (TPSA) is 101 Å². The number of nitrogens with zero attached hydrogens (tertiary/aromatic N) is 5. The molecule has 9 heteroatoms. The lowest BCUT2D eigenvalue weighted by Crippen LogP contribution is -2.39. The number of rotatable bonds is 6. The molecule has 9 nitrogen and oxygen atoms in total. The predicted molar refractivity (Wildman–Crippen MR) is 120 cm³/mol. The molecule has 0 saturated carbocycles. The van der Waals surface area contributed by atoms with Gasteiger partial charge in [-0.2, -0.15) is 5.11 Å². The van der Waals surface area contributed by atoms with Crippen molar-refractivity contribution in [3.05, 3.63) is 65.5 Å². The third-order valence-corrected chi connectivity index (χ3v) is 6.00. The second-order valence-corrected chi connectivity index (χ2v) is 7.95. The molecule has 1 aromatic heterocycles. The Hall–Kier alpha value is -4.01. The van der Waals surface area contributed by atoms with Crippen molar-refractivity contribution < 1.29 is 18.7 Å². The number of aryl methyl sites for hydroxylation is 2. The second-order valence-electron chi connectivity index (χ2n) is 7.95. The number of carbonyl (C=O) groups is 2. The van der Waals surface area contributed by atoms with Gasteiger partial charge in [0.25, 0.3) is 11.8 Å². The zero-order valence-corrected chi connectivity index (χ0v) is 18.6. The number of aromatic nitrogens is 1. The molecule has 0 N–H and O–H groups in total. The van der Waals surface area contributed by atoms with Crippen molar-refractivity contribution in [1.29, 1.82) is 0 Å². The summed E-state index contributed by atoms with van der Waals surface area (Å²) < 4.78 is 11.3. The minimum Gasteiger partial charge on any atom is -0.496 e. The molecule has 1 saturated heterocycles. The van der Waals surface area contributed by atoms with Gasteiger partial charge in [0.05, 0.1) is 24.9 Å². The van der Waals surface area contributed by atoms with Crippen molar-refractivity contribution in [2.45, 2.75) is 38.9 Å². The molecular weight excluding hydrogens is 422 g/mol. The van der Waals surface area contributed by atoms with Crippen molar-refractivity contribution in [2.75, 3.05) is 12.0 Å². The quantitative estimate of drug-likeness (QED) is 0.536. The summed E-state index contributed by atoms with van der Waals surface area (Å²) in [6.45, 7) is 4.04. The van der Waals surface area contributed by atoms with E-state index in [4.69, 9.17) is 9.15 Å². The molecule has 2 aromatic carbocycles. The monoisotopic (exact) mass is 445 g/mol. The van der Waals surface area contributed by atoms with E-state index in [1.165, 1.54) is 9.91 Å². The number of hydrogen-bond acceptors (Lipinski definition) is 8. The van der Waals surface area contributed by atoms with Gasteiger partial charge in [-0.1, -0.05) is 36.4 Å². The Morgan fingerprint density at radius 3 is 2.55 bits per heavy atom. The highest BCUT2D eigenvalue weighted by molar-refractivity contribution is 6.25. The number of methoxy groups -OCH3 is 1. The summed E-state index contributed by atoms with van der Waals surface area (Å²) in [5.74, 6) is 0.947. The fraction of sp³-hybridized carbons (Fsp3) is 0.292. The molecular formula is C24H23N5O4. The molecule has 0 spiro atoms. The van der Waals surface area contributed by atoms with Crippen LogP contribution in [-0.2, 0) is 22.6 Å². The molecule has 2 amide bonds. The van der Waals surface area contributed by atoms with E-state index in [9.17, 15) is 9.59 Å². The number of fused-ring (bicyclic) bond motifs is 1. The van der Waals surface area contributed by atoms with E-state index in [0.717, 1.165) is 17.5 Å². The number of amides is 2. The normalized spacial score (nSPS) is 19.5. The summed E-state index contributed by atoms with van der Waals surface area (Å²) in [6, 6.07) is 13.2. The van der Waals surface area contributed by atoms with E-state index < -0.39 is 12.1 Å². The first kappa shape index (κ1) is 20.9. The van der Waals surface area contributed by atoms with Crippen molar-refractivity contribution in [1.82, 2.24) is 9.99 Å². The summed E-state index contributed by atoms with van der Waals surface area (Å²) in [5, 5.41) is 9.73. The van der Waals surface area contributed by atoms with Gasteiger partial charge >= 0.3 is 0 Å². The first-order chi connectivity index (χ1) is 16.0. The van der Waals surface area contributed by atoms with Crippen LogP contribution in [0.25, 0.3) is 11.5 Å². The molecule has 3 heterocycles. The number of carbonyl (C=O) groups excluding carboxylic acids is 2. The summed E-state index contributed by atoms with van der Waals surface area (Å²) in [6.07, 6.45) is 0.878. The molecule has 3 aromatic rings. The molecule has 2 aliphatic heterocycles. The summed E-state index contributed by atoms with van der Waals surface area (Å²) >= 11 is 0. The van der Waals surface area contributed by atoms with Crippen LogP contribution >= 0.6 is 0 Å². The van der Waals surface area contributed by atoms with Crippen LogP contribution in [0.2, 0.25) is 0 Å². The van der Waals surface area contributed by atoms with Gasteiger partial charge in [0, 0.05) is 0 Å². The molecule has 2 aliphatic rings. The average molecular weight is 445 g/mol. The molecule has 33 heavy (non-hydrogen) atoms. The van der Waals surface area contributed by atoms with Crippen LogP contribution in [0, 0.1) is 6.92 Å². The van der Waals surface area contributed by atoms with Crippen molar-refractivity contribution >= 4 is 17.5 Å². The van der Waals surface area contributed by atoms with Gasteiger partial charge < -0.3 is 9.15 Å². The van der Waals surface area contributed by atoms with Crippen LogP contribution < -0.4 is 9.64 Å². The Bertz CT molecular complexity index is 1250. The molecule has 168 valence electrons. The van der Waals surface area contributed by atoms with Gasteiger partial charge in [-0.3, -0.25) is 14.6 Å². The van der Waals surface area contributed by atoms with Gasteiger partial charge in [0.2, 0.25) is 5.89 Å². The van der Waals surface area contributed by atoms with Crippen molar-refractivity contribution in [3.63, 3.8) is 0 Å². The summed E-state index contributed by atoms with van der Waals surface area (Å²) in [7, 11) is 1.59. The number of ether oxygens (including phenoxy) is 1. The lowest BCUT2D eigenvalue weighted by atomic mass is 10.1. The Kier molecular flexibility index (Phi) is 5.16. The highest BCUT2D eigenvalue weighted by Gasteiger charge is 2.54. The van der Waals surface area contributed by atoms with E-state index in [1.807, 2.05) is 36.4 Å². The molecule has 2 atom stereocenters. The fourth-order valence-electron chi connectivity index (χ4n) is 4.15. The first-order valence-corrected chi connectivity index (χ1v) is 10.8. The fourth-order valence-corrected chi connectivity index (χ4v) is 4.15. The zero-order valence-electron chi connectivity index (χ0n) is 18.6. The largest absolute Gasteiger partial charge is 0.496 e. The first-order valence-electron chi connectivity index (χ1n) is 10.8.